The van der Waals surface area contributed by atoms with E-state index in [4.69, 9.17) is 15.6 Å². The molecule has 6 heteroatoms. The van der Waals surface area contributed by atoms with Crippen LogP contribution in [0.25, 0.3) is 11.3 Å². The Kier molecular flexibility index (Phi) is 4.24. The quantitative estimate of drug-likeness (QED) is 0.885. The Labute approximate surface area is 121 Å². The molecule has 1 heterocycles. The summed E-state index contributed by atoms with van der Waals surface area (Å²) in [5, 5.41) is 9.33. The molecule has 0 atom stereocenters. The molecule has 20 heavy (non-hydrogen) atoms. The number of aromatic nitrogens is 1. The standard InChI is InChI=1S/C14H16N2O3S/c1-3-19-9-4-5-10(8(2)6-9)13-11(7-12(17)18)20-14(15)16-13/h4-6H,3,7H2,1-2H3,(H2,15,16)(H,17,18). The van der Waals surface area contributed by atoms with Crippen molar-refractivity contribution in [3.63, 3.8) is 0 Å². The number of aliphatic carboxylic acids is 1. The van der Waals surface area contributed by atoms with E-state index < -0.39 is 5.97 Å². The maximum atomic E-state index is 10.9. The normalized spacial score (nSPS) is 10.5. The number of carbonyl (C=O) groups is 1. The molecule has 2 aromatic rings. The van der Waals surface area contributed by atoms with E-state index in [9.17, 15) is 4.79 Å². The molecule has 0 saturated heterocycles. The summed E-state index contributed by atoms with van der Waals surface area (Å²) in [6.07, 6.45) is -0.0726. The SMILES string of the molecule is CCOc1ccc(-c2nc(N)sc2CC(=O)O)c(C)c1. The van der Waals surface area contributed by atoms with Crippen LogP contribution < -0.4 is 10.5 Å². The molecule has 5 nitrogen and oxygen atoms in total. The summed E-state index contributed by atoms with van der Waals surface area (Å²) in [5.41, 5.74) is 8.22. The molecule has 1 aromatic carbocycles. The fourth-order valence-electron chi connectivity index (χ4n) is 2.00. The smallest absolute Gasteiger partial charge is 0.308 e. The zero-order valence-corrected chi connectivity index (χ0v) is 12.2. The summed E-state index contributed by atoms with van der Waals surface area (Å²) >= 11 is 1.22. The summed E-state index contributed by atoms with van der Waals surface area (Å²) in [6.45, 7) is 4.47. The van der Waals surface area contributed by atoms with E-state index in [1.165, 1.54) is 11.3 Å². The minimum atomic E-state index is -0.890. The van der Waals surface area contributed by atoms with Crippen LogP contribution >= 0.6 is 11.3 Å². The van der Waals surface area contributed by atoms with Gasteiger partial charge in [0.05, 0.1) is 18.7 Å². The molecule has 3 N–H and O–H groups in total. The number of hydrogen-bond acceptors (Lipinski definition) is 5. The van der Waals surface area contributed by atoms with E-state index in [-0.39, 0.29) is 6.42 Å². The van der Waals surface area contributed by atoms with Crippen LogP contribution in [0.4, 0.5) is 5.13 Å². The van der Waals surface area contributed by atoms with Crippen molar-refractivity contribution in [2.75, 3.05) is 12.3 Å². The largest absolute Gasteiger partial charge is 0.494 e. The lowest BCUT2D eigenvalue weighted by atomic mass is 10.0. The molecule has 0 aliphatic rings. The highest BCUT2D eigenvalue weighted by atomic mass is 32.1. The van der Waals surface area contributed by atoms with Crippen molar-refractivity contribution < 1.29 is 14.6 Å². The Balaban J connectivity index is 2.43. The Morgan fingerprint density at radius 2 is 2.25 bits per heavy atom. The van der Waals surface area contributed by atoms with Gasteiger partial charge in [-0.2, -0.15) is 0 Å². The number of anilines is 1. The summed E-state index contributed by atoms with van der Waals surface area (Å²) in [5.74, 6) is -0.102. The number of benzene rings is 1. The molecule has 0 amide bonds. The van der Waals surface area contributed by atoms with E-state index in [1.54, 1.807) is 0 Å². The topological polar surface area (TPSA) is 85.4 Å². The van der Waals surface area contributed by atoms with Crippen molar-refractivity contribution in [3.05, 3.63) is 28.6 Å². The summed E-state index contributed by atoms with van der Waals surface area (Å²) in [6, 6.07) is 5.66. The predicted octanol–water partition coefficient (Wildman–Crippen LogP) is 2.73. The highest BCUT2D eigenvalue weighted by Crippen LogP contribution is 2.33. The average molecular weight is 292 g/mol. The fourth-order valence-corrected chi connectivity index (χ4v) is 2.83. The number of aryl methyl sites for hydroxylation is 1. The highest BCUT2D eigenvalue weighted by Gasteiger charge is 2.16. The van der Waals surface area contributed by atoms with Gasteiger partial charge in [0.1, 0.15) is 5.75 Å². The second-order valence-corrected chi connectivity index (χ2v) is 5.42. The van der Waals surface area contributed by atoms with E-state index >= 15 is 0 Å². The van der Waals surface area contributed by atoms with Crippen molar-refractivity contribution in [3.8, 4) is 17.0 Å². The molecular formula is C14H16N2O3S. The van der Waals surface area contributed by atoms with Crippen LogP contribution in [-0.2, 0) is 11.2 Å². The second kappa shape index (κ2) is 5.92. The molecule has 0 bridgehead atoms. The van der Waals surface area contributed by atoms with Crippen LogP contribution in [0.3, 0.4) is 0 Å². The predicted molar refractivity (Wildman–Crippen MR) is 79.2 cm³/mol. The van der Waals surface area contributed by atoms with Gasteiger partial charge in [0.2, 0.25) is 0 Å². The molecule has 1 aromatic heterocycles. The lowest BCUT2D eigenvalue weighted by molar-refractivity contribution is -0.136. The van der Waals surface area contributed by atoms with Crippen LogP contribution in [0.1, 0.15) is 17.4 Å². The van der Waals surface area contributed by atoms with Crippen molar-refractivity contribution >= 4 is 22.4 Å². The van der Waals surface area contributed by atoms with E-state index in [0.29, 0.717) is 22.3 Å². The number of nitrogens with zero attached hydrogens (tertiary/aromatic N) is 1. The molecule has 0 fully saturated rings. The number of ether oxygens (including phenoxy) is 1. The fraction of sp³-hybridized carbons (Fsp3) is 0.286. The van der Waals surface area contributed by atoms with Gasteiger partial charge in [-0.3, -0.25) is 4.79 Å². The lowest BCUT2D eigenvalue weighted by Gasteiger charge is -2.08. The van der Waals surface area contributed by atoms with Gasteiger partial charge in [-0.25, -0.2) is 4.98 Å². The molecule has 0 saturated carbocycles. The second-order valence-electron chi connectivity index (χ2n) is 4.30. The van der Waals surface area contributed by atoms with Crippen molar-refractivity contribution in [2.24, 2.45) is 0 Å². The molecule has 106 valence electrons. The number of carboxylic acids is 1. The number of nitrogen functional groups attached to an aromatic ring is 1. The average Bonchev–Trinajstić information content (AvgIpc) is 2.69. The molecule has 2 rings (SSSR count). The first-order valence-electron chi connectivity index (χ1n) is 6.22. The molecule has 0 spiro atoms. The van der Waals surface area contributed by atoms with E-state index in [2.05, 4.69) is 4.98 Å². The van der Waals surface area contributed by atoms with Crippen LogP contribution in [0.5, 0.6) is 5.75 Å². The first-order chi connectivity index (χ1) is 9.51. The van der Waals surface area contributed by atoms with Gasteiger partial charge in [0, 0.05) is 10.4 Å². The van der Waals surface area contributed by atoms with Gasteiger partial charge < -0.3 is 15.6 Å². The first kappa shape index (κ1) is 14.3. The maximum absolute atomic E-state index is 10.9. The molecule has 0 unspecified atom stereocenters. The Hall–Kier alpha value is -2.08. The third-order valence-electron chi connectivity index (χ3n) is 2.79. The van der Waals surface area contributed by atoms with Crippen molar-refractivity contribution in [2.45, 2.75) is 20.3 Å². The number of hydrogen-bond donors (Lipinski definition) is 2. The third kappa shape index (κ3) is 3.08. The maximum Gasteiger partial charge on any atom is 0.308 e. The van der Waals surface area contributed by atoms with Gasteiger partial charge >= 0.3 is 5.97 Å². The summed E-state index contributed by atoms with van der Waals surface area (Å²) in [4.78, 5) is 15.8. The van der Waals surface area contributed by atoms with E-state index in [1.807, 2.05) is 32.0 Å². The van der Waals surface area contributed by atoms with Gasteiger partial charge in [-0.15, -0.1) is 11.3 Å². The Morgan fingerprint density at radius 1 is 1.50 bits per heavy atom. The molecular weight excluding hydrogens is 276 g/mol. The van der Waals surface area contributed by atoms with Gasteiger partial charge in [-0.1, -0.05) is 0 Å². The minimum Gasteiger partial charge on any atom is -0.494 e. The van der Waals surface area contributed by atoms with Crippen molar-refractivity contribution in [1.82, 2.24) is 4.98 Å². The zero-order chi connectivity index (χ0) is 14.7. The van der Waals surface area contributed by atoms with Crippen molar-refractivity contribution in [1.29, 1.82) is 0 Å². The number of nitrogens with two attached hydrogens (primary N) is 1. The molecule has 0 aliphatic carbocycles. The van der Waals surface area contributed by atoms with Crippen LogP contribution in [0.15, 0.2) is 18.2 Å². The zero-order valence-electron chi connectivity index (χ0n) is 11.3. The number of thiazole rings is 1. The van der Waals surface area contributed by atoms with Crippen LogP contribution in [0, 0.1) is 6.92 Å². The molecule has 0 radical (unpaired) electrons. The number of carboxylic acid groups (broad SMARTS) is 1. The Morgan fingerprint density at radius 3 is 2.85 bits per heavy atom. The molecule has 0 aliphatic heterocycles. The van der Waals surface area contributed by atoms with E-state index in [0.717, 1.165) is 16.9 Å². The minimum absolute atomic E-state index is 0.0726. The van der Waals surface area contributed by atoms with Crippen LogP contribution in [0.2, 0.25) is 0 Å². The highest BCUT2D eigenvalue weighted by molar-refractivity contribution is 7.15. The Bertz CT molecular complexity index is 637. The first-order valence-corrected chi connectivity index (χ1v) is 7.03. The lowest BCUT2D eigenvalue weighted by Crippen LogP contribution is -2.00. The van der Waals surface area contributed by atoms with Gasteiger partial charge in [0.25, 0.3) is 0 Å². The third-order valence-corrected chi connectivity index (χ3v) is 3.67. The van der Waals surface area contributed by atoms with Gasteiger partial charge in [-0.05, 0) is 37.6 Å². The monoisotopic (exact) mass is 292 g/mol. The number of rotatable bonds is 5. The summed E-state index contributed by atoms with van der Waals surface area (Å²) in [7, 11) is 0. The summed E-state index contributed by atoms with van der Waals surface area (Å²) < 4.78 is 5.44. The van der Waals surface area contributed by atoms with Crippen LogP contribution in [-0.4, -0.2) is 22.7 Å². The van der Waals surface area contributed by atoms with Gasteiger partial charge in [0.15, 0.2) is 5.13 Å².